The summed E-state index contributed by atoms with van der Waals surface area (Å²) in [5.41, 5.74) is 4.78. The molecule has 4 heteroatoms. The molecular formula is C23H20N2O2. The molecule has 0 spiro atoms. The molecule has 0 amide bonds. The van der Waals surface area contributed by atoms with E-state index in [9.17, 15) is 4.79 Å². The van der Waals surface area contributed by atoms with Gasteiger partial charge in [0.15, 0.2) is 0 Å². The highest BCUT2D eigenvalue weighted by Crippen LogP contribution is 2.55. The van der Waals surface area contributed by atoms with Crippen molar-refractivity contribution in [3.8, 4) is 5.75 Å². The summed E-state index contributed by atoms with van der Waals surface area (Å²) in [4.78, 5) is 13.0. The molecule has 3 aliphatic carbocycles. The van der Waals surface area contributed by atoms with E-state index in [0.717, 1.165) is 17.7 Å². The molecular weight excluding hydrogens is 336 g/mol. The third-order valence-electron chi connectivity index (χ3n) is 5.89. The van der Waals surface area contributed by atoms with Gasteiger partial charge in [-0.25, -0.2) is 4.68 Å². The van der Waals surface area contributed by atoms with E-state index in [1.165, 1.54) is 21.4 Å². The van der Waals surface area contributed by atoms with Crippen LogP contribution in [0.25, 0.3) is 0 Å². The molecule has 0 aliphatic heterocycles. The van der Waals surface area contributed by atoms with Crippen molar-refractivity contribution in [2.45, 2.75) is 24.2 Å². The Morgan fingerprint density at radius 3 is 2.56 bits per heavy atom. The van der Waals surface area contributed by atoms with Crippen LogP contribution < -0.4 is 4.74 Å². The first-order chi connectivity index (χ1) is 13.3. The summed E-state index contributed by atoms with van der Waals surface area (Å²) in [7, 11) is 1.68. The van der Waals surface area contributed by atoms with E-state index in [0.29, 0.717) is 5.92 Å². The average molecular weight is 356 g/mol. The summed E-state index contributed by atoms with van der Waals surface area (Å²) in [5.74, 6) is 1.52. The van der Waals surface area contributed by atoms with Crippen LogP contribution in [0.5, 0.6) is 5.75 Å². The van der Waals surface area contributed by atoms with Gasteiger partial charge in [-0.3, -0.25) is 4.79 Å². The lowest BCUT2D eigenvalue weighted by molar-refractivity contribution is 0.0927. The molecule has 134 valence electrons. The van der Waals surface area contributed by atoms with Gasteiger partial charge in [0.05, 0.1) is 7.11 Å². The summed E-state index contributed by atoms with van der Waals surface area (Å²) in [6, 6.07) is 18.6. The van der Waals surface area contributed by atoms with Crippen molar-refractivity contribution >= 4 is 5.91 Å². The molecule has 0 saturated heterocycles. The molecule has 2 aromatic carbocycles. The first kappa shape index (κ1) is 16.1. The molecule has 1 heterocycles. The van der Waals surface area contributed by atoms with E-state index in [-0.39, 0.29) is 17.7 Å². The Bertz CT molecular complexity index is 1020. The van der Waals surface area contributed by atoms with Crippen molar-refractivity contribution in [1.82, 2.24) is 9.78 Å². The van der Waals surface area contributed by atoms with Crippen LogP contribution in [-0.4, -0.2) is 22.8 Å². The number of rotatable bonds is 3. The van der Waals surface area contributed by atoms with Gasteiger partial charge in [0.1, 0.15) is 5.75 Å². The van der Waals surface area contributed by atoms with E-state index in [2.05, 4.69) is 47.6 Å². The predicted molar refractivity (Wildman–Crippen MR) is 103 cm³/mol. The lowest BCUT2D eigenvalue weighted by Crippen LogP contribution is -2.32. The second-order valence-electron chi connectivity index (χ2n) is 7.20. The first-order valence-electron chi connectivity index (χ1n) is 9.25. The lowest BCUT2D eigenvalue weighted by atomic mass is 9.61. The van der Waals surface area contributed by atoms with Gasteiger partial charge in [0.25, 0.3) is 5.91 Å². The molecule has 0 N–H and O–H groups in total. The molecule has 3 unspecified atom stereocenters. The second-order valence-corrected chi connectivity index (χ2v) is 7.20. The minimum atomic E-state index is -0.0160. The van der Waals surface area contributed by atoms with Crippen LogP contribution in [-0.2, 0) is 0 Å². The van der Waals surface area contributed by atoms with E-state index in [1.54, 1.807) is 25.6 Å². The third kappa shape index (κ3) is 2.52. The number of carbonyl (C=O) groups is 1. The number of nitrogens with zero attached hydrogens (tertiary/aromatic N) is 2. The highest BCUT2D eigenvalue weighted by atomic mass is 16.5. The minimum absolute atomic E-state index is 0.0160. The molecule has 3 atom stereocenters. The van der Waals surface area contributed by atoms with Crippen molar-refractivity contribution in [2.75, 3.05) is 7.11 Å². The van der Waals surface area contributed by atoms with Gasteiger partial charge in [0, 0.05) is 29.8 Å². The molecule has 2 bridgehead atoms. The van der Waals surface area contributed by atoms with E-state index in [1.807, 2.05) is 12.1 Å². The molecule has 0 saturated carbocycles. The number of ether oxygens (including phenoxy) is 1. The van der Waals surface area contributed by atoms with Crippen molar-refractivity contribution in [1.29, 1.82) is 0 Å². The molecule has 3 aliphatic rings. The van der Waals surface area contributed by atoms with Crippen LogP contribution in [0.1, 0.15) is 45.7 Å². The number of benzene rings is 2. The molecule has 0 fully saturated rings. The maximum atomic E-state index is 13.0. The highest BCUT2D eigenvalue weighted by molar-refractivity contribution is 5.97. The molecule has 4 nitrogen and oxygen atoms in total. The van der Waals surface area contributed by atoms with Gasteiger partial charge in [-0.2, -0.15) is 5.10 Å². The van der Waals surface area contributed by atoms with Crippen LogP contribution in [0.15, 0.2) is 78.6 Å². The molecule has 0 radical (unpaired) electrons. The fourth-order valence-corrected chi connectivity index (χ4v) is 4.62. The monoisotopic (exact) mass is 356 g/mol. The fraction of sp³-hybridized carbons (Fsp3) is 0.217. The summed E-state index contributed by atoms with van der Waals surface area (Å²) >= 11 is 0. The average Bonchev–Trinajstić information content (AvgIpc) is 3.28. The van der Waals surface area contributed by atoms with E-state index in [4.69, 9.17) is 4.74 Å². The van der Waals surface area contributed by atoms with Crippen molar-refractivity contribution < 1.29 is 9.53 Å². The van der Waals surface area contributed by atoms with Crippen LogP contribution >= 0.6 is 0 Å². The molecule has 6 rings (SSSR count). The number of methoxy groups -OCH3 is 1. The van der Waals surface area contributed by atoms with Gasteiger partial charge in [0.2, 0.25) is 0 Å². The van der Waals surface area contributed by atoms with Gasteiger partial charge >= 0.3 is 0 Å². The van der Waals surface area contributed by atoms with Crippen LogP contribution in [0.2, 0.25) is 0 Å². The Balaban J connectivity index is 1.58. The Morgan fingerprint density at radius 1 is 1.07 bits per heavy atom. The van der Waals surface area contributed by atoms with Crippen LogP contribution in [0, 0.1) is 0 Å². The number of hydrogen-bond donors (Lipinski definition) is 0. The van der Waals surface area contributed by atoms with E-state index >= 15 is 0 Å². The number of fused-ring (bicyclic) bond motifs is 1. The summed E-state index contributed by atoms with van der Waals surface area (Å²) in [5, 5.41) is 4.14. The van der Waals surface area contributed by atoms with Gasteiger partial charge in [-0.15, -0.1) is 0 Å². The van der Waals surface area contributed by atoms with Gasteiger partial charge in [-0.1, -0.05) is 42.5 Å². The van der Waals surface area contributed by atoms with Crippen molar-refractivity contribution in [3.63, 3.8) is 0 Å². The molecule has 1 aromatic heterocycles. The fourth-order valence-electron chi connectivity index (χ4n) is 4.62. The van der Waals surface area contributed by atoms with Gasteiger partial charge < -0.3 is 4.74 Å². The second kappa shape index (κ2) is 6.23. The topological polar surface area (TPSA) is 44.1 Å². The molecule has 27 heavy (non-hydrogen) atoms. The SMILES string of the molecule is COc1ccc(C2CC3C(C(=O)n4cccn4)=CC2c2ccccc23)cc1. The zero-order valence-electron chi connectivity index (χ0n) is 15.1. The standard InChI is InChI=1S/C23H20N2O2/c1-27-16-9-7-15(8-10-16)19-13-21-18-6-3-2-5-17(18)20(19)14-22(21)23(26)25-12-4-11-24-25/h2-12,14,19-21H,13H2,1H3. The summed E-state index contributed by atoms with van der Waals surface area (Å²) < 4.78 is 6.74. The normalized spacial score (nSPS) is 22.9. The first-order valence-corrected chi connectivity index (χ1v) is 9.25. The Labute approximate surface area is 158 Å². The number of aromatic nitrogens is 2. The largest absolute Gasteiger partial charge is 0.497 e. The lowest BCUT2D eigenvalue weighted by Gasteiger charge is -2.43. The Hall–Kier alpha value is -3.14. The Kier molecular flexibility index (Phi) is 3.71. The van der Waals surface area contributed by atoms with Crippen molar-refractivity contribution in [3.05, 3.63) is 95.3 Å². The summed E-state index contributed by atoms with van der Waals surface area (Å²) in [6.07, 6.45) is 6.48. The van der Waals surface area contributed by atoms with Crippen LogP contribution in [0.4, 0.5) is 0 Å². The maximum Gasteiger partial charge on any atom is 0.274 e. The minimum Gasteiger partial charge on any atom is -0.497 e. The number of allylic oxidation sites excluding steroid dienone is 2. The molecule has 3 aromatic rings. The Morgan fingerprint density at radius 2 is 1.85 bits per heavy atom. The maximum absolute atomic E-state index is 13.0. The third-order valence-corrected chi connectivity index (χ3v) is 5.89. The predicted octanol–water partition coefficient (Wildman–Crippen LogP) is 4.53. The van der Waals surface area contributed by atoms with E-state index < -0.39 is 0 Å². The van der Waals surface area contributed by atoms with Crippen molar-refractivity contribution in [2.24, 2.45) is 0 Å². The quantitative estimate of drug-likeness (QED) is 0.693. The van der Waals surface area contributed by atoms with Crippen LogP contribution in [0.3, 0.4) is 0 Å². The van der Waals surface area contributed by atoms with Gasteiger partial charge in [-0.05, 0) is 47.2 Å². The number of carbonyl (C=O) groups excluding carboxylic acids is 1. The smallest absolute Gasteiger partial charge is 0.274 e. The number of hydrogen-bond acceptors (Lipinski definition) is 3. The summed E-state index contributed by atoms with van der Waals surface area (Å²) in [6.45, 7) is 0. The zero-order chi connectivity index (χ0) is 18.4. The highest BCUT2D eigenvalue weighted by Gasteiger charge is 2.43. The zero-order valence-corrected chi connectivity index (χ0v) is 15.1.